The highest BCUT2D eigenvalue weighted by Gasteiger charge is 2.16. The highest BCUT2D eigenvalue weighted by molar-refractivity contribution is 7.99. The zero-order chi connectivity index (χ0) is 18.7. The number of hydrogen-bond donors (Lipinski definition) is 0. The molecule has 0 saturated carbocycles. The number of halogens is 2. The minimum atomic E-state index is -0.443. The second-order valence-electron chi connectivity index (χ2n) is 5.38. The SMILES string of the molecule is COc1ccc(-c2nnc(SC(C)c3ccc(F)c(Cl)c3)o2)cc1OC. The van der Waals surface area contributed by atoms with Gasteiger partial charge in [-0.1, -0.05) is 29.4 Å². The summed E-state index contributed by atoms with van der Waals surface area (Å²) in [5.74, 6) is 1.12. The van der Waals surface area contributed by atoms with Gasteiger partial charge in [0.15, 0.2) is 11.5 Å². The monoisotopic (exact) mass is 394 g/mol. The van der Waals surface area contributed by atoms with E-state index >= 15 is 0 Å². The number of ether oxygens (including phenoxy) is 2. The third-order valence-corrected chi connectivity index (χ3v) is 5.01. The van der Waals surface area contributed by atoms with Crippen molar-refractivity contribution in [3.8, 4) is 23.0 Å². The molecule has 3 aromatic rings. The average molecular weight is 395 g/mol. The molecule has 0 spiro atoms. The summed E-state index contributed by atoms with van der Waals surface area (Å²) in [6, 6.07) is 9.98. The fourth-order valence-electron chi connectivity index (χ4n) is 2.33. The Morgan fingerprint density at radius 3 is 2.54 bits per heavy atom. The standard InChI is InChI=1S/C18H16ClFN2O3S/c1-10(11-4-6-14(20)13(19)8-11)26-18-22-21-17(25-18)12-5-7-15(23-2)16(9-12)24-3/h4-10H,1-3H3. The summed E-state index contributed by atoms with van der Waals surface area (Å²) in [5, 5.41) is 8.60. The Kier molecular flexibility index (Phi) is 5.68. The first-order chi connectivity index (χ1) is 12.5. The van der Waals surface area contributed by atoms with Crippen LogP contribution in [0.4, 0.5) is 4.39 Å². The first-order valence-corrected chi connectivity index (χ1v) is 8.95. The van der Waals surface area contributed by atoms with E-state index in [9.17, 15) is 4.39 Å². The molecule has 5 nitrogen and oxygen atoms in total. The topological polar surface area (TPSA) is 57.4 Å². The molecule has 3 rings (SSSR count). The fourth-order valence-corrected chi connectivity index (χ4v) is 3.32. The van der Waals surface area contributed by atoms with Crippen LogP contribution in [0.5, 0.6) is 11.5 Å². The molecule has 1 unspecified atom stereocenters. The van der Waals surface area contributed by atoms with Crippen molar-refractivity contribution >= 4 is 23.4 Å². The zero-order valence-electron chi connectivity index (χ0n) is 14.3. The molecule has 2 aromatic carbocycles. The van der Waals surface area contributed by atoms with E-state index in [1.807, 2.05) is 13.0 Å². The van der Waals surface area contributed by atoms with Crippen LogP contribution in [0.25, 0.3) is 11.5 Å². The largest absolute Gasteiger partial charge is 0.493 e. The maximum absolute atomic E-state index is 13.3. The summed E-state index contributed by atoms with van der Waals surface area (Å²) in [7, 11) is 3.13. The van der Waals surface area contributed by atoms with Crippen LogP contribution in [0, 0.1) is 5.82 Å². The van der Waals surface area contributed by atoms with Crippen molar-refractivity contribution in [2.75, 3.05) is 14.2 Å². The van der Waals surface area contributed by atoms with Gasteiger partial charge in [0.1, 0.15) is 5.82 Å². The van der Waals surface area contributed by atoms with Crippen LogP contribution in [0.1, 0.15) is 17.7 Å². The number of rotatable bonds is 6. The van der Waals surface area contributed by atoms with E-state index in [0.717, 1.165) is 11.1 Å². The van der Waals surface area contributed by atoms with Gasteiger partial charge in [-0.3, -0.25) is 0 Å². The molecule has 0 aliphatic heterocycles. The zero-order valence-corrected chi connectivity index (χ0v) is 15.9. The Morgan fingerprint density at radius 1 is 1.08 bits per heavy atom. The van der Waals surface area contributed by atoms with E-state index in [0.29, 0.717) is 22.6 Å². The Morgan fingerprint density at radius 2 is 1.85 bits per heavy atom. The van der Waals surface area contributed by atoms with Crippen LogP contribution < -0.4 is 9.47 Å². The summed E-state index contributed by atoms with van der Waals surface area (Å²) in [4.78, 5) is 0. The molecule has 8 heteroatoms. The normalized spacial score (nSPS) is 12.0. The molecule has 1 atom stereocenters. The Labute approximate surface area is 159 Å². The van der Waals surface area contributed by atoms with E-state index in [1.165, 1.54) is 17.8 Å². The Bertz CT molecular complexity index is 919. The van der Waals surface area contributed by atoms with Crippen molar-refractivity contribution in [2.24, 2.45) is 0 Å². The number of benzene rings is 2. The van der Waals surface area contributed by atoms with Gasteiger partial charge in [-0.25, -0.2) is 4.39 Å². The summed E-state index contributed by atoms with van der Waals surface area (Å²) in [6.45, 7) is 1.95. The van der Waals surface area contributed by atoms with Crippen molar-refractivity contribution in [3.63, 3.8) is 0 Å². The number of aromatic nitrogens is 2. The summed E-state index contributed by atoms with van der Waals surface area (Å²) in [6.07, 6.45) is 0. The lowest BCUT2D eigenvalue weighted by Gasteiger charge is -2.09. The molecule has 136 valence electrons. The van der Waals surface area contributed by atoms with Gasteiger partial charge < -0.3 is 13.9 Å². The lowest BCUT2D eigenvalue weighted by Crippen LogP contribution is -1.90. The van der Waals surface area contributed by atoms with Crippen molar-refractivity contribution in [1.82, 2.24) is 10.2 Å². The fraction of sp³-hybridized carbons (Fsp3) is 0.222. The van der Waals surface area contributed by atoms with Gasteiger partial charge >= 0.3 is 0 Å². The van der Waals surface area contributed by atoms with Gasteiger partial charge in [0.2, 0.25) is 5.89 Å². The third kappa shape index (κ3) is 3.94. The second kappa shape index (κ2) is 7.97. The van der Waals surface area contributed by atoms with Gasteiger partial charge in [-0.2, -0.15) is 0 Å². The minimum absolute atomic E-state index is 0.0354. The molecule has 1 aromatic heterocycles. The number of nitrogens with zero attached hydrogens (tertiary/aromatic N) is 2. The van der Waals surface area contributed by atoms with Gasteiger partial charge in [0.05, 0.1) is 19.2 Å². The van der Waals surface area contributed by atoms with Crippen molar-refractivity contribution in [3.05, 3.63) is 52.8 Å². The van der Waals surface area contributed by atoms with Crippen molar-refractivity contribution in [1.29, 1.82) is 0 Å². The van der Waals surface area contributed by atoms with Crippen molar-refractivity contribution in [2.45, 2.75) is 17.4 Å². The quantitative estimate of drug-likeness (QED) is 0.522. The lowest BCUT2D eigenvalue weighted by molar-refractivity contribution is 0.355. The van der Waals surface area contributed by atoms with Gasteiger partial charge in [0, 0.05) is 10.8 Å². The minimum Gasteiger partial charge on any atom is -0.493 e. The predicted octanol–water partition coefficient (Wildman–Crippen LogP) is 5.40. The number of methoxy groups -OCH3 is 2. The molecule has 0 bridgehead atoms. The molecule has 0 aliphatic carbocycles. The molecular formula is C18H16ClFN2O3S. The lowest BCUT2D eigenvalue weighted by atomic mass is 10.2. The van der Waals surface area contributed by atoms with Crippen LogP contribution in [-0.2, 0) is 0 Å². The van der Waals surface area contributed by atoms with Crippen LogP contribution in [0.15, 0.2) is 46.0 Å². The van der Waals surface area contributed by atoms with Crippen molar-refractivity contribution < 1.29 is 18.3 Å². The van der Waals surface area contributed by atoms with Gasteiger partial charge in [-0.15, -0.1) is 10.2 Å². The van der Waals surface area contributed by atoms with Gasteiger partial charge in [-0.05, 0) is 42.8 Å². The third-order valence-electron chi connectivity index (χ3n) is 3.73. The molecule has 0 amide bonds. The molecular weight excluding hydrogens is 379 g/mol. The maximum atomic E-state index is 13.3. The van der Waals surface area contributed by atoms with Crippen LogP contribution in [-0.4, -0.2) is 24.4 Å². The first kappa shape index (κ1) is 18.5. The Hall–Kier alpha value is -2.25. The molecule has 0 aliphatic rings. The van der Waals surface area contributed by atoms with E-state index in [4.69, 9.17) is 25.5 Å². The molecule has 1 heterocycles. The summed E-state index contributed by atoms with van der Waals surface area (Å²) in [5.41, 5.74) is 1.59. The van der Waals surface area contributed by atoms with E-state index in [-0.39, 0.29) is 10.3 Å². The highest BCUT2D eigenvalue weighted by Crippen LogP contribution is 2.37. The number of thioether (sulfide) groups is 1. The average Bonchev–Trinajstić information content (AvgIpc) is 3.11. The second-order valence-corrected chi connectivity index (χ2v) is 7.08. The number of hydrogen-bond acceptors (Lipinski definition) is 6. The van der Waals surface area contributed by atoms with Crippen LogP contribution in [0.2, 0.25) is 5.02 Å². The summed E-state index contributed by atoms with van der Waals surface area (Å²) >= 11 is 7.21. The molecule has 0 saturated heterocycles. The highest BCUT2D eigenvalue weighted by atomic mass is 35.5. The molecule has 26 heavy (non-hydrogen) atoms. The Balaban J connectivity index is 1.78. The van der Waals surface area contributed by atoms with Crippen LogP contribution >= 0.6 is 23.4 Å². The van der Waals surface area contributed by atoms with Gasteiger partial charge in [0.25, 0.3) is 5.22 Å². The van der Waals surface area contributed by atoms with Crippen LogP contribution in [0.3, 0.4) is 0 Å². The van der Waals surface area contributed by atoms with E-state index < -0.39 is 5.82 Å². The molecule has 0 N–H and O–H groups in total. The predicted molar refractivity (Wildman–Crippen MR) is 98.5 cm³/mol. The smallest absolute Gasteiger partial charge is 0.277 e. The van der Waals surface area contributed by atoms with E-state index in [2.05, 4.69) is 10.2 Å². The summed E-state index contributed by atoms with van der Waals surface area (Å²) < 4.78 is 29.5. The molecule has 0 radical (unpaired) electrons. The molecule has 0 fully saturated rings. The maximum Gasteiger partial charge on any atom is 0.277 e. The van der Waals surface area contributed by atoms with E-state index in [1.54, 1.807) is 38.5 Å². The first-order valence-electron chi connectivity index (χ1n) is 7.69.